The smallest absolute Gasteiger partial charge is 0.481 e. The fourth-order valence-corrected chi connectivity index (χ4v) is 12.7. The molecule has 1 aromatic heterocycles. The van der Waals surface area contributed by atoms with Crippen LogP contribution in [0.4, 0.5) is 4.39 Å². The second-order valence-electron chi connectivity index (χ2n) is 14.5. The number of carboxylic acids is 1. The van der Waals surface area contributed by atoms with Crippen LogP contribution in [-0.2, 0) is 24.7 Å². The van der Waals surface area contributed by atoms with Crippen molar-refractivity contribution in [2.75, 3.05) is 12.8 Å². The highest BCUT2D eigenvalue weighted by molar-refractivity contribution is 7.39. The fourth-order valence-electron chi connectivity index (χ4n) is 7.03. The minimum atomic E-state index is -3.13. The van der Waals surface area contributed by atoms with Crippen molar-refractivity contribution in [2.45, 2.75) is 71.4 Å². The maximum Gasteiger partial charge on any atom is 0.511 e. The Kier molecular flexibility index (Phi) is 13.5. The van der Waals surface area contributed by atoms with Crippen LogP contribution < -0.4 is 10.4 Å². The zero-order valence-corrected chi connectivity index (χ0v) is 33.7. The number of rotatable bonds is 14. The van der Waals surface area contributed by atoms with Gasteiger partial charge < -0.3 is 9.53 Å². The molecule has 6 nitrogen and oxygen atoms in total. The molecular formula is C45H48FNO5PSi+. The summed E-state index contributed by atoms with van der Waals surface area (Å²) in [5.74, 6) is 5.00. The number of aromatic nitrogens is 1. The number of aliphatic carboxylic acids is 1. The minimum absolute atomic E-state index is 0.00909. The summed E-state index contributed by atoms with van der Waals surface area (Å²) < 4.78 is 40.6. The standard InChI is InChI=1S/C45H47FNO5PSi/c1-7-39-42(33-25-27-35(46)28-26-33)40(43(32(2)3)47-44(39)34-18-11-8-12-19-34)24-17-29-51-53(50)31-36(30-41(48)49)52-54(45(4,5)6,37-20-13-9-14-21-37)38-22-15-10-16-23-38/h8-16,18-23,25-28,32,36H,7,29-31H2,1-6H3/p+1. The molecule has 0 amide bonds. The molecule has 54 heavy (non-hydrogen) atoms. The van der Waals surface area contributed by atoms with Crippen LogP contribution in [0.25, 0.3) is 22.4 Å². The Labute approximate surface area is 320 Å². The van der Waals surface area contributed by atoms with Gasteiger partial charge in [0.15, 0.2) is 6.61 Å². The van der Waals surface area contributed by atoms with E-state index in [4.69, 9.17) is 13.9 Å². The molecule has 0 aliphatic rings. The lowest BCUT2D eigenvalue weighted by molar-refractivity contribution is -0.138. The van der Waals surface area contributed by atoms with Crippen molar-refractivity contribution in [3.8, 4) is 34.2 Å². The van der Waals surface area contributed by atoms with Crippen LogP contribution >= 0.6 is 8.03 Å². The third kappa shape index (κ3) is 9.29. The quantitative estimate of drug-likeness (QED) is 0.0690. The topological polar surface area (TPSA) is 85.7 Å². The maximum absolute atomic E-state index is 14.1. The van der Waals surface area contributed by atoms with Crippen LogP contribution in [-0.4, -0.2) is 43.2 Å². The van der Waals surface area contributed by atoms with E-state index in [-0.39, 0.29) is 30.9 Å². The average Bonchev–Trinajstić information content (AvgIpc) is 3.15. The van der Waals surface area contributed by atoms with Gasteiger partial charge in [-0.15, -0.1) is 4.52 Å². The zero-order chi connectivity index (χ0) is 38.9. The van der Waals surface area contributed by atoms with E-state index < -0.39 is 33.5 Å². The third-order valence-electron chi connectivity index (χ3n) is 9.42. The van der Waals surface area contributed by atoms with Gasteiger partial charge in [0.2, 0.25) is 6.16 Å². The SMILES string of the molecule is CCc1c(-c2ccccc2)nc(C(C)C)c(C#CCO[P+](=O)CC(CC(=O)O)O[Si](c2ccccc2)(c2ccccc2)C(C)(C)C)c1-c1ccc(F)cc1. The Hall–Kier alpha value is -4.77. The summed E-state index contributed by atoms with van der Waals surface area (Å²) in [6.07, 6.45) is -0.669. The summed E-state index contributed by atoms with van der Waals surface area (Å²) >= 11 is 0. The Morgan fingerprint density at radius 2 is 1.43 bits per heavy atom. The van der Waals surface area contributed by atoms with E-state index in [1.165, 1.54) is 12.1 Å². The molecule has 278 valence electrons. The van der Waals surface area contributed by atoms with Crippen LogP contribution in [0.3, 0.4) is 0 Å². The summed E-state index contributed by atoms with van der Waals surface area (Å²) in [7, 11) is -5.49. The van der Waals surface area contributed by atoms with Crippen molar-refractivity contribution in [2.24, 2.45) is 0 Å². The van der Waals surface area contributed by atoms with E-state index in [1.807, 2.05) is 91.0 Å². The van der Waals surface area contributed by atoms with Crippen LogP contribution in [0.1, 0.15) is 70.7 Å². The first-order chi connectivity index (χ1) is 25.9. The molecule has 1 heterocycles. The first-order valence-electron chi connectivity index (χ1n) is 18.3. The molecule has 0 bridgehead atoms. The zero-order valence-electron chi connectivity index (χ0n) is 31.8. The van der Waals surface area contributed by atoms with Gasteiger partial charge in [0, 0.05) is 11.1 Å². The average molecular weight is 761 g/mol. The first kappa shape index (κ1) is 40.4. The number of nitrogens with zero attached hydrogens (tertiary/aromatic N) is 1. The number of carboxylic acid groups (broad SMARTS) is 1. The lowest BCUT2D eigenvalue weighted by atomic mass is 9.87. The summed E-state index contributed by atoms with van der Waals surface area (Å²) in [4.78, 5) is 17.3. The number of hydrogen-bond donors (Lipinski definition) is 1. The van der Waals surface area contributed by atoms with Crippen LogP contribution in [0.5, 0.6) is 0 Å². The van der Waals surface area contributed by atoms with Gasteiger partial charge in [0.05, 0.1) is 23.4 Å². The van der Waals surface area contributed by atoms with Crippen LogP contribution in [0.15, 0.2) is 115 Å². The van der Waals surface area contributed by atoms with Gasteiger partial charge in [-0.05, 0) is 55.6 Å². The van der Waals surface area contributed by atoms with Gasteiger partial charge in [-0.2, -0.15) is 0 Å². The second kappa shape index (κ2) is 18.0. The summed E-state index contributed by atoms with van der Waals surface area (Å²) in [5, 5.41) is 11.6. The molecule has 0 saturated carbocycles. The van der Waals surface area contributed by atoms with Gasteiger partial charge >= 0.3 is 14.0 Å². The Morgan fingerprint density at radius 1 is 0.870 bits per heavy atom. The third-order valence-corrected chi connectivity index (χ3v) is 15.6. The Balaban J connectivity index is 1.47. The molecule has 5 rings (SSSR count). The molecule has 1 N–H and O–H groups in total. The van der Waals surface area contributed by atoms with Gasteiger partial charge in [-0.3, -0.25) is 9.78 Å². The summed E-state index contributed by atoms with van der Waals surface area (Å²) in [6.45, 7) is 12.4. The Morgan fingerprint density at radius 3 is 1.93 bits per heavy atom. The number of carbonyl (C=O) groups is 1. The molecule has 0 aliphatic carbocycles. The largest absolute Gasteiger partial charge is 0.511 e. The molecule has 0 spiro atoms. The van der Waals surface area contributed by atoms with E-state index in [0.717, 1.165) is 44.0 Å². The van der Waals surface area contributed by atoms with E-state index in [0.29, 0.717) is 12.0 Å². The number of halogens is 1. The van der Waals surface area contributed by atoms with E-state index >= 15 is 0 Å². The molecule has 0 saturated heterocycles. The molecule has 2 unspecified atom stereocenters. The number of benzene rings is 4. The van der Waals surface area contributed by atoms with Crippen LogP contribution in [0, 0.1) is 17.7 Å². The van der Waals surface area contributed by atoms with Crippen molar-refractivity contribution in [1.29, 1.82) is 0 Å². The molecule has 0 fully saturated rings. The Bertz CT molecular complexity index is 2070. The molecule has 0 radical (unpaired) electrons. The minimum Gasteiger partial charge on any atom is -0.481 e. The highest BCUT2D eigenvalue weighted by atomic mass is 31.1. The maximum atomic E-state index is 14.1. The fraction of sp³-hybridized carbons (Fsp3) is 0.289. The number of pyridine rings is 1. The highest BCUT2D eigenvalue weighted by Crippen LogP contribution is 2.40. The molecule has 2 atom stereocenters. The monoisotopic (exact) mass is 760 g/mol. The normalized spacial score (nSPS) is 12.6. The molecule has 9 heteroatoms. The van der Waals surface area contributed by atoms with Gasteiger partial charge in [-0.1, -0.05) is 157 Å². The molecular weight excluding hydrogens is 713 g/mol. The van der Waals surface area contributed by atoms with Gasteiger partial charge in [0.1, 0.15) is 11.9 Å². The van der Waals surface area contributed by atoms with Crippen molar-refractivity contribution in [3.63, 3.8) is 0 Å². The van der Waals surface area contributed by atoms with E-state index in [2.05, 4.69) is 53.4 Å². The van der Waals surface area contributed by atoms with E-state index in [1.54, 1.807) is 12.1 Å². The summed E-state index contributed by atoms with van der Waals surface area (Å²) in [6, 6.07) is 36.3. The van der Waals surface area contributed by atoms with E-state index in [9.17, 15) is 18.9 Å². The molecule has 0 aliphatic heterocycles. The second-order valence-corrected chi connectivity index (χ2v) is 20.1. The predicted molar refractivity (Wildman–Crippen MR) is 219 cm³/mol. The number of hydrogen-bond acceptors (Lipinski definition) is 5. The van der Waals surface area contributed by atoms with Crippen molar-refractivity contribution < 1.29 is 27.8 Å². The first-order valence-corrected chi connectivity index (χ1v) is 21.6. The van der Waals surface area contributed by atoms with Crippen molar-refractivity contribution in [1.82, 2.24) is 4.98 Å². The molecule has 5 aromatic rings. The highest BCUT2D eigenvalue weighted by Gasteiger charge is 2.52. The van der Waals surface area contributed by atoms with Crippen molar-refractivity contribution in [3.05, 3.63) is 138 Å². The van der Waals surface area contributed by atoms with Gasteiger partial charge in [-0.25, -0.2) is 4.39 Å². The lowest BCUT2D eigenvalue weighted by Gasteiger charge is -2.44. The lowest BCUT2D eigenvalue weighted by Crippen LogP contribution is -2.68. The van der Waals surface area contributed by atoms with Crippen molar-refractivity contribution >= 4 is 32.7 Å². The van der Waals surface area contributed by atoms with Gasteiger partial charge in [0.25, 0.3) is 8.32 Å². The van der Waals surface area contributed by atoms with Crippen LogP contribution in [0.2, 0.25) is 5.04 Å². The summed E-state index contributed by atoms with van der Waals surface area (Å²) in [5.41, 5.74) is 6.04. The predicted octanol–water partition coefficient (Wildman–Crippen LogP) is 9.77. The molecule has 4 aromatic carbocycles.